The molecule has 0 amide bonds. The molecule has 0 aliphatic heterocycles. The van der Waals surface area contributed by atoms with E-state index in [0.717, 1.165) is 32.3 Å². The first-order valence-corrected chi connectivity index (χ1v) is 10.5. The van der Waals surface area contributed by atoms with Crippen LogP contribution in [0, 0.1) is 13.8 Å². The number of rotatable bonds is 7. The Morgan fingerprint density at radius 1 is 1.00 bits per heavy atom. The van der Waals surface area contributed by atoms with Crippen LogP contribution in [0.1, 0.15) is 29.4 Å². The van der Waals surface area contributed by atoms with Gasteiger partial charge < -0.3 is 9.30 Å². The van der Waals surface area contributed by atoms with Gasteiger partial charge in [-0.15, -0.1) is 0 Å². The molecule has 0 saturated heterocycles. The molecule has 0 bridgehead atoms. The molecule has 1 heterocycles. The lowest BCUT2D eigenvalue weighted by molar-refractivity contribution is -0.143. The van der Waals surface area contributed by atoms with Gasteiger partial charge in [0.1, 0.15) is 6.54 Å². The number of ether oxygens (including phenoxy) is 1. The summed E-state index contributed by atoms with van der Waals surface area (Å²) in [5.74, 6) is -0.235. The number of carbonyl (C=O) groups is 1. The zero-order valence-corrected chi connectivity index (χ0v) is 17.3. The van der Waals surface area contributed by atoms with Crippen molar-refractivity contribution < 1.29 is 13.7 Å². The number of hydrogen-bond donors (Lipinski definition) is 0. The zero-order valence-electron chi connectivity index (χ0n) is 16.5. The standard InChI is InChI=1S/C23H25NO3S/c1-4-27-23(25)16-24-17(2)14-20(18(24)3)15-19-10-8-9-13-22(19)28(26)21-11-6-5-7-12-21/h5-14H,4,15-16H2,1-3H3. The highest BCUT2D eigenvalue weighted by atomic mass is 32.2. The summed E-state index contributed by atoms with van der Waals surface area (Å²) in [6.45, 7) is 6.40. The zero-order chi connectivity index (χ0) is 20.1. The molecule has 0 aliphatic carbocycles. The van der Waals surface area contributed by atoms with E-state index >= 15 is 0 Å². The predicted molar refractivity (Wildman–Crippen MR) is 111 cm³/mol. The molecule has 0 radical (unpaired) electrons. The number of esters is 1. The quantitative estimate of drug-likeness (QED) is 0.556. The minimum atomic E-state index is -1.23. The molecule has 4 nitrogen and oxygen atoms in total. The Hall–Kier alpha value is -2.66. The predicted octanol–water partition coefficient (Wildman–Crippen LogP) is 4.43. The van der Waals surface area contributed by atoms with Crippen molar-refractivity contribution in [2.45, 2.75) is 43.5 Å². The first-order chi connectivity index (χ1) is 13.5. The molecular weight excluding hydrogens is 370 g/mol. The number of aromatic nitrogens is 1. The van der Waals surface area contributed by atoms with Gasteiger partial charge in [0.15, 0.2) is 0 Å². The molecule has 1 unspecified atom stereocenters. The van der Waals surface area contributed by atoms with E-state index in [-0.39, 0.29) is 12.5 Å². The first kappa shape index (κ1) is 20.1. The molecule has 0 fully saturated rings. The summed E-state index contributed by atoms with van der Waals surface area (Å²) in [7, 11) is -1.23. The van der Waals surface area contributed by atoms with Crippen molar-refractivity contribution in [1.29, 1.82) is 0 Å². The van der Waals surface area contributed by atoms with Gasteiger partial charge in [0.25, 0.3) is 0 Å². The van der Waals surface area contributed by atoms with Crippen molar-refractivity contribution in [3.05, 3.63) is 83.2 Å². The molecule has 0 aliphatic rings. The SMILES string of the molecule is CCOC(=O)Cn1c(C)cc(Cc2ccccc2S(=O)c2ccccc2)c1C. The number of hydrogen-bond acceptors (Lipinski definition) is 3. The van der Waals surface area contributed by atoms with Crippen molar-refractivity contribution in [2.75, 3.05) is 6.61 Å². The van der Waals surface area contributed by atoms with E-state index in [1.165, 1.54) is 0 Å². The molecule has 0 saturated carbocycles. The topological polar surface area (TPSA) is 48.3 Å². The normalized spacial score (nSPS) is 12.0. The Balaban J connectivity index is 1.89. The molecule has 5 heteroatoms. The third-order valence-electron chi connectivity index (χ3n) is 4.78. The maximum Gasteiger partial charge on any atom is 0.325 e. The minimum absolute atomic E-state index is 0.211. The van der Waals surface area contributed by atoms with Crippen LogP contribution in [0.5, 0.6) is 0 Å². The highest BCUT2D eigenvalue weighted by Gasteiger charge is 2.16. The fraction of sp³-hybridized carbons (Fsp3) is 0.261. The van der Waals surface area contributed by atoms with Crippen molar-refractivity contribution in [3.63, 3.8) is 0 Å². The van der Waals surface area contributed by atoms with Crippen molar-refractivity contribution in [2.24, 2.45) is 0 Å². The van der Waals surface area contributed by atoms with Gasteiger partial charge in [-0.05, 0) is 56.2 Å². The third kappa shape index (κ3) is 4.42. The first-order valence-electron chi connectivity index (χ1n) is 9.37. The van der Waals surface area contributed by atoms with Gasteiger partial charge in [0.2, 0.25) is 0 Å². The molecule has 28 heavy (non-hydrogen) atoms. The molecule has 2 aromatic carbocycles. The molecule has 3 rings (SSSR count). The van der Waals surface area contributed by atoms with Crippen LogP contribution in [0.25, 0.3) is 0 Å². The highest BCUT2D eigenvalue weighted by Crippen LogP contribution is 2.25. The summed E-state index contributed by atoms with van der Waals surface area (Å²) >= 11 is 0. The second kappa shape index (κ2) is 9.02. The van der Waals surface area contributed by atoms with Crippen LogP contribution >= 0.6 is 0 Å². The summed E-state index contributed by atoms with van der Waals surface area (Å²) in [6.07, 6.45) is 0.664. The Morgan fingerprint density at radius 2 is 1.68 bits per heavy atom. The van der Waals surface area contributed by atoms with Gasteiger partial charge in [-0.25, -0.2) is 4.21 Å². The second-order valence-electron chi connectivity index (χ2n) is 6.65. The van der Waals surface area contributed by atoms with E-state index in [0.29, 0.717) is 13.0 Å². The van der Waals surface area contributed by atoms with E-state index in [1.54, 1.807) is 0 Å². The summed E-state index contributed by atoms with van der Waals surface area (Å²) in [5, 5.41) is 0. The van der Waals surface area contributed by atoms with E-state index in [9.17, 15) is 9.00 Å². The summed E-state index contributed by atoms with van der Waals surface area (Å²) in [5.41, 5.74) is 4.20. The average molecular weight is 396 g/mol. The van der Waals surface area contributed by atoms with Gasteiger partial charge in [-0.3, -0.25) is 4.79 Å². The Kier molecular flexibility index (Phi) is 6.47. The Morgan fingerprint density at radius 3 is 2.39 bits per heavy atom. The molecule has 3 aromatic rings. The van der Waals surface area contributed by atoms with Crippen molar-refractivity contribution in [1.82, 2.24) is 4.57 Å². The van der Waals surface area contributed by atoms with Crippen molar-refractivity contribution >= 4 is 16.8 Å². The summed E-state index contributed by atoms with van der Waals surface area (Å²) in [4.78, 5) is 13.5. The molecule has 146 valence electrons. The Labute approximate surface area is 168 Å². The van der Waals surface area contributed by atoms with Gasteiger partial charge in [0, 0.05) is 27.6 Å². The van der Waals surface area contributed by atoms with Crippen LogP contribution in [0.4, 0.5) is 0 Å². The number of benzene rings is 2. The van der Waals surface area contributed by atoms with E-state index in [4.69, 9.17) is 4.74 Å². The van der Waals surface area contributed by atoms with Crippen LogP contribution in [0.3, 0.4) is 0 Å². The van der Waals surface area contributed by atoms with Crippen LogP contribution in [0.2, 0.25) is 0 Å². The smallest absolute Gasteiger partial charge is 0.325 e. The number of aryl methyl sites for hydroxylation is 1. The van der Waals surface area contributed by atoms with E-state index in [1.807, 2.05) is 79.9 Å². The van der Waals surface area contributed by atoms with Gasteiger partial charge in [0.05, 0.1) is 17.4 Å². The number of nitrogens with zero attached hydrogens (tertiary/aromatic N) is 1. The lowest BCUT2D eigenvalue weighted by atomic mass is 10.1. The Bertz CT molecular complexity index is 992. The van der Waals surface area contributed by atoms with Crippen LogP contribution in [-0.4, -0.2) is 21.4 Å². The molecule has 1 atom stereocenters. The molecule has 0 spiro atoms. The van der Waals surface area contributed by atoms with E-state index in [2.05, 4.69) is 6.07 Å². The summed E-state index contributed by atoms with van der Waals surface area (Å²) < 4.78 is 20.1. The average Bonchev–Trinajstić information content (AvgIpc) is 2.96. The van der Waals surface area contributed by atoms with Crippen molar-refractivity contribution in [3.8, 4) is 0 Å². The maximum absolute atomic E-state index is 13.1. The number of carbonyl (C=O) groups excluding carboxylic acids is 1. The lowest BCUT2D eigenvalue weighted by Gasteiger charge is -2.11. The maximum atomic E-state index is 13.1. The fourth-order valence-corrected chi connectivity index (χ4v) is 4.58. The van der Waals surface area contributed by atoms with Crippen LogP contribution < -0.4 is 0 Å². The molecule has 0 N–H and O–H groups in total. The monoisotopic (exact) mass is 395 g/mol. The molecule has 1 aromatic heterocycles. The third-order valence-corrected chi connectivity index (χ3v) is 6.28. The molecular formula is C23H25NO3S. The van der Waals surface area contributed by atoms with Gasteiger partial charge in [-0.2, -0.15) is 0 Å². The summed E-state index contributed by atoms with van der Waals surface area (Å²) in [6, 6.07) is 19.4. The lowest BCUT2D eigenvalue weighted by Crippen LogP contribution is -2.15. The van der Waals surface area contributed by atoms with E-state index < -0.39 is 10.8 Å². The van der Waals surface area contributed by atoms with Crippen LogP contribution in [0.15, 0.2) is 70.5 Å². The second-order valence-corrected chi connectivity index (χ2v) is 8.10. The van der Waals surface area contributed by atoms with Gasteiger partial charge in [-0.1, -0.05) is 36.4 Å². The largest absolute Gasteiger partial charge is 0.465 e. The highest BCUT2D eigenvalue weighted by molar-refractivity contribution is 7.85. The van der Waals surface area contributed by atoms with Crippen LogP contribution in [-0.2, 0) is 33.3 Å². The van der Waals surface area contributed by atoms with Gasteiger partial charge >= 0.3 is 5.97 Å². The fourth-order valence-electron chi connectivity index (χ4n) is 3.34. The minimum Gasteiger partial charge on any atom is -0.465 e.